The highest BCUT2D eigenvalue weighted by Gasteiger charge is 2.12. The van der Waals surface area contributed by atoms with Crippen LogP contribution in [0.4, 0.5) is 0 Å². The minimum atomic E-state index is -0.500. The Morgan fingerprint density at radius 2 is 1.50 bits per heavy atom. The Kier molecular flexibility index (Phi) is 7.70. The van der Waals surface area contributed by atoms with Crippen molar-refractivity contribution in [3.05, 3.63) is 62.7 Å². The fraction of sp³-hybridized carbons (Fsp3) is 0.111. The van der Waals surface area contributed by atoms with Gasteiger partial charge in [0.2, 0.25) is 0 Å². The number of esters is 1. The molecule has 0 saturated heterocycles. The molecule has 0 radical (unpaired) electrons. The van der Waals surface area contributed by atoms with Gasteiger partial charge in [-0.3, -0.25) is 25.8 Å². The van der Waals surface area contributed by atoms with Gasteiger partial charge in [0.15, 0.2) is 5.11 Å². The van der Waals surface area contributed by atoms with Gasteiger partial charge in [0.05, 0.1) is 23.4 Å². The van der Waals surface area contributed by atoms with E-state index in [4.69, 9.17) is 17.0 Å². The number of carbonyl (C=O) groups excluding carboxylic acids is 3. The molecule has 2 aromatic carbocycles. The van der Waals surface area contributed by atoms with Crippen LogP contribution in [0.15, 0.2) is 42.5 Å². The molecular formula is C18H16IN3O5S. The van der Waals surface area contributed by atoms with Gasteiger partial charge in [-0.15, -0.1) is 0 Å². The van der Waals surface area contributed by atoms with Gasteiger partial charge in [-0.2, -0.15) is 0 Å². The van der Waals surface area contributed by atoms with Crippen molar-refractivity contribution in [3.8, 4) is 5.75 Å². The number of amides is 2. The molecule has 2 aromatic rings. The Bertz CT molecular complexity index is 918. The summed E-state index contributed by atoms with van der Waals surface area (Å²) in [6, 6.07) is 10.8. The van der Waals surface area contributed by atoms with E-state index in [1.54, 1.807) is 25.3 Å². The summed E-state index contributed by atoms with van der Waals surface area (Å²) in [4.78, 5) is 35.7. The fourth-order valence-corrected chi connectivity index (χ4v) is 2.95. The maximum Gasteiger partial charge on any atom is 0.337 e. The van der Waals surface area contributed by atoms with Crippen LogP contribution in [-0.4, -0.2) is 37.1 Å². The maximum atomic E-state index is 12.2. The molecule has 0 heterocycles. The number of carbonyl (C=O) groups is 3. The van der Waals surface area contributed by atoms with E-state index in [9.17, 15) is 14.4 Å². The van der Waals surface area contributed by atoms with Crippen LogP contribution < -0.4 is 20.9 Å². The Hall–Kier alpha value is -2.73. The Labute approximate surface area is 180 Å². The lowest BCUT2D eigenvalue weighted by molar-refractivity contribution is 0.0600. The van der Waals surface area contributed by atoms with Gasteiger partial charge in [0, 0.05) is 11.1 Å². The minimum absolute atomic E-state index is 0.0846. The summed E-state index contributed by atoms with van der Waals surface area (Å²) in [6.07, 6.45) is 0. The van der Waals surface area contributed by atoms with E-state index >= 15 is 0 Å². The van der Waals surface area contributed by atoms with Crippen LogP contribution in [-0.2, 0) is 4.74 Å². The van der Waals surface area contributed by atoms with Crippen LogP contribution in [0.5, 0.6) is 5.75 Å². The number of hydrogen-bond donors (Lipinski definition) is 3. The van der Waals surface area contributed by atoms with Crippen LogP contribution in [0.25, 0.3) is 0 Å². The highest BCUT2D eigenvalue weighted by molar-refractivity contribution is 14.1. The number of nitrogens with one attached hydrogen (secondary N) is 3. The lowest BCUT2D eigenvalue weighted by Crippen LogP contribution is -2.48. The van der Waals surface area contributed by atoms with Crippen LogP contribution in [0.3, 0.4) is 0 Å². The minimum Gasteiger partial charge on any atom is -0.496 e. The summed E-state index contributed by atoms with van der Waals surface area (Å²) >= 11 is 7.05. The standard InChI is InChI=1S/C18H16IN3O5S/c1-26-14-8-7-12(9-13(14)19)16(24)21-22-18(28)20-15(23)10-3-5-11(6-4-10)17(25)27-2/h3-9H,1-2H3,(H,21,24)(H2,20,22,23,28). The quantitative estimate of drug-likeness (QED) is 0.249. The number of benzene rings is 2. The second-order valence-corrected chi connectivity index (χ2v) is 6.85. The summed E-state index contributed by atoms with van der Waals surface area (Å²) in [5.41, 5.74) is 5.86. The smallest absolute Gasteiger partial charge is 0.337 e. The van der Waals surface area contributed by atoms with Gasteiger partial charge in [0.1, 0.15) is 5.75 Å². The normalized spacial score (nSPS) is 9.82. The summed E-state index contributed by atoms with van der Waals surface area (Å²) < 4.78 is 10.5. The molecule has 0 bridgehead atoms. The number of hydrogen-bond acceptors (Lipinski definition) is 6. The average molecular weight is 513 g/mol. The van der Waals surface area contributed by atoms with Crippen molar-refractivity contribution in [1.82, 2.24) is 16.2 Å². The van der Waals surface area contributed by atoms with Gasteiger partial charge in [-0.05, 0) is 77.3 Å². The zero-order valence-electron chi connectivity index (χ0n) is 14.9. The van der Waals surface area contributed by atoms with Crippen LogP contribution in [0.2, 0.25) is 0 Å². The molecule has 0 spiro atoms. The molecule has 0 aromatic heterocycles. The van der Waals surface area contributed by atoms with E-state index in [1.165, 1.54) is 31.4 Å². The second-order valence-electron chi connectivity index (χ2n) is 5.28. The average Bonchev–Trinajstić information content (AvgIpc) is 2.71. The molecule has 2 amide bonds. The Morgan fingerprint density at radius 1 is 0.893 bits per heavy atom. The van der Waals surface area contributed by atoms with E-state index in [-0.39, 0.29) is 10.7 Å². The number of ether oxygens (including phenoxy) is 2. The first-order valence-electron chi connectivity index (χ1n) is 7.79. The van der Waals surface area contributed by atoms with E-state index in [1.807, 2.05) is 0 Å². The molecule has 0 fully saturated rings. The van der Waals surface area contributed by atoms with E-state index in [0.717, 1.165) is 3.57 Å². The molecule has 2 rings (SSSR count). The van der Waals surface area contributed by atoms with Gasteiger partial charge < -0.3 is 9.47 Å². The van der Waals surface area contributed by atoms with Gasteiger partial charge in [-0.1, -0.05) is 0 Å². The van der Waals surface area contributed by atoms with Crippen molar-refractivity contribution in [2.45, 2.75) is 0 Å². The summed E-state index contributed by atoms with van der Waals surface area (Å²) in [5, 5.41) is 2.34. The SMILES string of the molecule is COC(=O)c1ccc(C(=O)NC(=S)NNC(=O)c2ccc(OC)c(I)c2)cc1. The number of thiocarbonyl (C=S) groups is 1. The molecule has 146 valence electrons. The lowest BCUT2D eigenvalue weighted by Gasteiger charge is -2.11. The first-order valence-corrected chi connectivity index (χ1v) is 9.28. The molecule has 0 aliphatic heterocycles. The molecular weight excluding hydrogens is 497 g/mol. The third kappa shape index (κ3) is 5.63. The maximum absolute atomic E-state index is 12.2. The van der Waals surface area contributed by atoms with Gasteiger partial charge in [-0.25, -0.2) is 4.79 Å². The van der Waals surface area contributed by atoms with Crippen molar-refractivity contribution in [3.63, 3.8) is 0 Å². The first kappa shape index (κ1) is 21.6. The molecule has 10 heteroatoms. The van der Waals surface area contributed by atoms with Crippen molar-refractivity contribution >= 4 is 57.7 Å². The molecule has 0 aliphatic carbocycles. The highest BCUT2D eigenvalue weighted by Crippen LogP contribution is 2.21. The number of rotatable bonds is 4. The third-order valence-corrected chi connectivity index (χ3v) is 4.55. The van der Waals surface area contributed by atoms with Crippen molar-refractivity contribution < 1.29 is 23.9 Å². The molecule has 3 N–H and O–H groups in total. The molecule has 0 atom stereocenters. The zero-order valence-corrected chi connectivity index (χ0v) is 17.8. The van der Waals surface area contributed by atoms with E-state index in [2.05, 4.69) is 43.5 Å². The summed E-state index contributed by atoms with van der Waals surface area (Å²) in [7, 11) is 2.82. The largest absolute Gasteiger partial charge is 0.496 e. The monoisotopic (exact) mass is 513 g/mol. The van der Waals surface area contributed by atoms with Crippen LogP contribution in [0, 0.1) is 3.57 Å². The van der Waals surface area contributed by atoms with Crippen LogP contribution in [0.1, 0.15) is 31.1 Å². The van der Waals surface area contributed by atoms with Crippen LogP contribution >= 0.6 is 34.8 Å². The second kappa shape index (κ2) is 9.99. The fourth-order valence-electron chi connectivity index (χ4n) is 2.08. The highest BCUT2D eigenvalue weighted by atomic mass is 127. The van der Waals surface area contributed by atoms with Gasteiger partial charge in [0.25, 0.3) is 11.8 Å². The van der Waals surface area contributed by atoms with Gasteiger partial charge >= 0.3 is 5.97 Å². The predicted molar refractivity (Wildman–Crippen MR) is 114 cm³/mol. The lowest BCUT2D eigenvalue weighted by atomic mass is 10.1. The molecule has 28 heavy (non-hydrogen) atoms. The number of hydrazine groups is 1. The Balaban J connectivity index is 1.89. The van der Waals surface area contributed by atoms with Crippen molar-refractivity contribution in [2.24, 2.45) is 0 Å². The first-order chi connectivity index (χ1) is 13.3. The summed E-state index contributed by atoms with van der Waals surface area (Å²) in [6.45, 7) is 0. The Morgan fingerprint density at radius 3 is 2.07 bits per heavy atom. The molecule has 8 nitrogen and oxygen atoms in total. The predicted octanol–water partition coefficient (Wildman–Crippen LogP) is 2.04. The molecule has 0 unspecified atom stereocenters. The van der Waals surface area contributed by atoms with E-state index in [0.29, 0.717) is 16.9 Å². The topological polar surface area (TPSA) is 106 Å². The van der Waals surface area contributed by atoms with E-state index < -0.39 is 17.8 Å². The van der Waals surface area contributed by atoms with Crippen molar-refractivity contribution in [1.29, 1.82) is 0 Å². The summed E-state index contributed by atoms with van der Waals surface area (Å²) in [5.74, 6) is -0.770. The van der Waals surface area contributed by atoms with Crippen molar-refractivity contribution in [2.75, 3.05) is 14.2 Å². The third-order valence-electron chi connectivity index (χ3n) is 3.50. The number of halogens is 1. The molecule has 0 aliphatic rings. The number of methoxy groups -OCH3 is 2. The molecule has 0 saturated carbocycles. The zero-order chi connectivity index (χ0) is 20.7.